The van der Waals surface area contributed by atoms with Crippen LogP contribution in [0.5, 0.6) is 0 Å². The molecule has 0 saturated heterocycles. The molecule has 0 aliphatic heterocycles. The normalized spacial score (nSPS) is 12.8. The predicted molar refractivity (Wildman–Crippen MR) is 113 cm³/mol. The summed E-state index contributed by atoms with van der Waals surface area (Å²) in [6.07, 6.45) is 2.78. The maximum absolute atomic E-state index is 12.9. The fraction of sp³-hybridized carbons (Fsp3) is 0.143. The van der Waals surface area contributed by atoms with Crippen LogP contribution in [0.2, 0.25) is 0 Å². The number of nitrogens with one attached hydrogen (secondary N) is 2. The van der Waals surface area contributed by atoms with E-state index < -0.39 is 15.9 Å². The molecule has 4 rings (SSSR count). The second-order valence-corrected chi connectivity index (χ2v) is 9.38. The van der Waals surface area contributed by atoms with E-state index in [1.54, 1.807) is 36.4 Å². The van der Waals surface area contributed by atoms with Gasteiger partial charge in [-0.3, -0.25) is 9.52 Å². The van der Waals surface area contributed by atoms with Crippen LogP contribution < -0.4 is 10.0 Å². The molecule has 1 amide bonds. The van der Waals surface area contributed by atoms with Crippen LogP contribution in [0, 0.1) is 11.3 Å². The zero-order valence-corrected chi connectivity index (χ0v) is 16.9. The molecule has 1 aliphatic rings. The molecule has 1 heterocycles. The number of nitriles is 1. The van der Waals surface area contributed by atoms with Gasteiger partial charge in [0, 0.05) is 4.88 Å². The van der Waals surface area contributed by atoms with Crippen molar-refractivity contribution in [2.45, 2.75) is 24.2 Å². The topological polar surface area (TPSA) is 99.1 Å². The first kappa shape index (κ1) is 19.2. The number of carbonyl (C=O) groups is 1. The number of nitrogens with zero attached hydrogens (tertiary/aromatic N) is 1. The van der Waals surface area contributed by atoms with Gasteiger partial charge >= 0.3 is 0 Å². The highest BCUT2D eigenvalue weighted by Gasteiger charge is 2.24. The molecule has 1 aliphatic carbocycles. The fourth-order valence-corrected chi connectivity index (χ4v) is 5.69. The van der Waals surface area contributed by atoms with Crippen LogP contribution >= 0.6 is 11.3 Å². The number of rotatable bonds is 5. The molecular weight excluding hydrogens is 406 g/mol. The number of sulfonamides is 1. The average Bonchev–Trinajstić information content (AvgIpc) is 3.29. The monoisotopic (exact) mass is 423 g/mol. The Morgan fingerprint density at radius 3 is 2.52 bits per heavy atom. The summed E-state index contributed by atoms with van der Waals surface area (Å²) in [4.78, 5) is 14.1. The number of hydrogen-bond donors (Lipinski definition) is 2. The highest BCUT2D eigenvalue weighted by molar-refractivity contribution is 7.92. The molecule has 0 atom stereocenters. The lowest BCUT2D eigenvalue weighted by Crippen LogP contribution is -2.18. The Balaban J connectivity index is 1.62. The van der Waals surface area contributed by atoms with Crippen molar-refractivity contribution in [1.29, 1.82) is 5.26 Å². The zero-order chi connectivity index (χ0) is 20.4. The van der Waals surface area contributed by atoms with Crippen molar-refractivity contribution in [3.63, 3.8) is 0 Å². The van der Waals surface area contributed by atoms with E-state index in [4.69, 9.17) is 0 Å². The van der Waals surface area contributed by atoms with Gasteiger partial charge in [-0.2, -0.15) is 5.26 Å². The zero-order valence-electron chi connectivity index (χ0n) is 15.3. The molecule has 0 spiro atoms. The lowest BCUT2D eigenvalue weighted by molar-refractivity contribution is 0.102. The maximum Gasteiger partial charge on any atom is 0.261 e. The molecule has 146 valence electrons. The van der Waals surface area contributed by atoms with Gasteiger partial charge in [0.15, 0.2) is 0 Å². The number of carbonyl (C=O) groups excluding carboxylic acids is 1. The Morgan fingerprint density at radius 2 is 1.76 bits per heavy atom. The molecule has 2 aromatic carbocycles. The highest BCUT2D eigenvalue weighted by Crippen LogP contribution is 2.39. The number of fused-ring (bicyclic) bond motifs is 1. The van der Waals surface area contributed by atoms with Crippen LogP contribution in [0.3, 0.4) is 0 Å². The van der Waals surface area contributed by atoms with Gasteiger partial charge in [-0.05, 0) is 49.1 Å². The van der Waals surface area contributed by atoms with E-state index in [0.29, 0.717) is 10.6 Å². The van der Waals surface area contributed by atoms with Gasteiger partial charge in [0.2, 0.25) is 0 Å². The van der Waals surface area contributed by atoms with E-state index in [-0.39, 0.29) is 16.1 Å². The number of anilines is 2. The minimum atomic E-state index is -3.83. The molecule has 0 radical (unpaired) electrons. The Bertz CT molecular complexity index is 1230. The summed E-state index contributed by atoms with van der Waals surface area (Å²) in [7, 11) is -3.83. The van der Waals surface area contributed by atoms with Crippen LogP contribution in [0.15, 0.2) is 59.5 Å². The van der Waals surface area contributed by atoms with Gasteiger partial charge in [0.1, 0.15) is 11.1 Å². The Hall–Kier alpha value is -3.15. The van der Waals surface area contributed by atoms with Crippen molar-refractivity contribution in [2.24, 2.45) is 0 Å². The summed E-state index contributed by atoms with van der Waals surface area (Å²) in [5.74, 6) is -0.465. The number of benzene rings is 2. The van der Waals surface area contributed by atoms with Crippen LogP contribution in [0.25, 0.3) is 0 Å². The number of amides is 1. The summed E-state index contributed by atoms with van der Waals surface area (Å²) in [5.41, 5.74) is 1.89. The number of hydrogen-bond acceptors (Lipinski definition) is 5. The molecule has 8 heteroatoms. The number of aryl methyl sites for hydroxylation is 1. The Kier molecular flexibility index (Phi) is 5.09. The maximum atomic E-state index is 12.9. The lowest BCUT2D eigenvalue weighted by Gasteiger charge is -2.12. The molecule has 1 aromatic heterocycles. The van der Waals surface area contributed by atoms with Gasteiger partial charge < -0.3 is 5.32 Å². The van der Waals surface area contributed by atoms with Crippen molar-refractivity contribution >= 4 is 38.0 Å². The Morgan fingerprint density at radius 1 is 1.03 bits per heavy atom. The van der Waals surface area contributed by atoms with E-state index in [2.05, 4.69) is 16.1 Å². The van der Waals surface area contributed by atoms with Crippen molar-refractivity contribution in [1.82, 2.24) is 0 Å². The van der Waals surface area contributed by atoms with Crippen molar-refractivity contribution < 1.29 is 13.2 Å². The van der Waals surface area contributed by atoms with Crippen LogP contribution in [-0.4, -0.2) is 14.3 Å². The average molecular weight is 424 g/mol. The first-order chi connectivity index (χ1) is 14.0. The number of para-hydroxylation sites is 1. The minimum Gasteiger partial charge on any atom is -0.312 e. The predicted octanol–water partition coefficient (Wildman–Crippen LogP) is 4.16. The first-order valence-corrected chi connectivity index (χ1v) is 11.3. The van der Waals surface area contributed by atoms with Gasteiger partial charge in [-0.25, -0.2) is 8.42 Å². The van der Waals surface area contributed by atoms with Gasteiger partial charge in [0.25, 0.3) is 15.9 Å². The summed E-state index contributed by atoms with van der Waals surface area (Å²) in [6, 6.07) is 16.5. The molecular formula is C21H17N3O3S2. The largest absolute Gasteiger partial charge is 0.312 e. The van der Waals surface area contributed by atoms with E-state index in [9.17, 15) is 18.5 Å². The summed E-state index contributed by atoms with van der Waals surface area (Å²) < 4.78 is 27.8. The quantitative estimate of drug-likeness (QED) is 0.644. The molecule has 3 aromatic rings. The van der Waals surface area contributed by atoms with Gasteiger partial charge in [-0.1, -0.05) is 30.3 Å². The van der Waals surface area contributed by atoms with Crippen LogP contribution in [0.4, 0.5) is 10.7 Å². The van der Waals surface area contributed by atoms with Gasteiger partial charge in [0.05, 0.1) is 21.7 Å². The standard InChI is InChI=1S/C21H17N3O3S2/c22-13-17-15-10-6-12-19(15)28-21(17)23-20(25)16-9-4-5-11-18(16)24-29(26,27)14-7-2-1-3-8-14/h1-5,7-9,11,24H,6,10,12H2,(H,23,25). The molecule has 0 fully saturated rings. The molecule has 2 N–H and O–H groups in total. The minimum absolute atomic E-state index is 0.108. The summed E-state index contributed by atoms with van der Waals surface area (Å²) >= 11 is 1.42. The third-order valence-electron chi connectivity index (χ3n) is 4.73. The molecule has 0 unspecified atom stereocenters. The third-order valence-corrected chi connectivity index (χ3v) is 7.32. The number of thiophene rings is 1. The molecule has 6 nitrogen and oxygen atoms in total. The van der Waals surface area contributed by atoms with Crippen molar-refractivity contribution in [3.05, 3.63) is 76.2 Å². The third kappa shape index (κ3) is 3.75. The molecule has 29 heavy (non-hydrogen) atoms. The van der Waals surface area contributed by atoms with E-state index in [1.165, 1.54) is 29.5 Å². The first-order valence-electron chi connectivity index (χ1n) is 9.02. The van der Waals surface area contributed by atoms with Crippen LogP contribution in [0.1, 0.15) is 32.8 Å². The molecule has 0 saturated carbocycles. The van der Waals surface area contributed by atoms with Gasteiger partial charge in [-0.15, -0.1) is 11.3 Å². The SMILES string of the molecule is N#Cc1c(NC(=O)c2ccccc2NS(=O)(=O)c2ccccc2)sc2c1CCC2. The van der Waals surface area contributed by atoms with E-state index in [1.807, 2.05) is 0 Å². The van der Waals surface area contributed by atoms with Crippen molar-refractivity contribution in [3.8, 4) is 6.07 Å². The van der Waals surface area contributed by atoms with E-state index in [0.717, 1.165) is 29.7 Å². The molecule has 0 bridgehead atoms. The lowest BCUT2D eigenvalue weighted by atomic mass is 10.1. The van der Waals surface area contributed by atoms with E-state index >= 15 is 0 Å². The fourth-order valence-electron chi connectivity index (χ4n) is 3.35. The summed E-state index contributed by atoms with van der Waals surface area (Å²) in [5, 5.41) is 12.8. The van der Waals surface area contributed by atoms with Crippen molar-refractivity contribution in [2.75, 3.05) is 10.0 Å². The highest BCUT2D eigenvalue weighted by atomic mass is 32.2. The Labute approximate surface area is 172 Å². The summed E-state index contributed by atoms with van der Waals surface area (Å²) in [6.45, 7) is 0. The smallest absolute Gasteiger partial charge is 0.261 e. The second kappa shape index (κ2) is 7.70. The van der Waals surface area contributed by atoms with Crippen LogP contribution in [-0.2, 0) is 22.9 Å². The second-order valence-electron chi connectivity index (χ2n) is 6.59.